The molecule has 112 valence electrons. The molecule has 0 radical (unpaired) electrons. The van der Waals surface area contributed by atoms with Gasteiger partial charge in [0.05, 0.1) is 6.61 Å². The molecule has 4 heteroatoms. The van der Waals surface area contributed by atoms with Crippen LogP contribution in [0.1, 0.15) is 16.7 Å². The largest absolute Gasteiger partial charge is 0.395 e. The summed E-state index contributed by atoms with van der Waals surface area (Å²) in [5.41, 5.74) is 6.93. The molecule has 0 bridgehead atoms. The van der Waals surface area contributed by atoms with Gasteiger partial charge in [0.2, 0.25) is 0 Å². The van der Waals surface area contributed by atoms with E-state index in [9.17, 15) is 13.9 Å². The second-order valence-electron chi connectivity index (χ2n) is 5.37. The number of halogens is 2. The highest BCUT2D eigenvalue weighted by molar-refractivity contribution is 5.35. The van der Waals surface area contributed by atoms with Crippen molar-refractivity contribution in [2.24, 2.45) is 5.73 Å². The van der Waals surface area contributed by atoms with E-state index in [0.717, 1.165) is 11.1 Å². The van der Waals surface area contributed by atoms with Gasteiger partial charge in [0.25, 0.3) is 0 Å². The summed E-state index contributed by atoms with van der Waals surface area (Å²) in [6, 6.07) is 10.8. The van der Waals surface area contributed by atoms with E-state index in [-0.39, 0.29) is 19.0 Å². The second-order valence-corrected chi connectivity index (χ2v) is 5.37. The van der Waals surface area contributed by atoms with Crippen molar-refractivity contribution in [3.63, 3.8) is 0 Å². The fourth-order valence-electron chi connectivity index (χ4n) is 2.60. The van der Waals surface area contributed by atoms with Crippen LogP contribution in [0.2, 0.25) is 0 Å². The van der Waals surface area contributed by atoms with Crippen LogP contribution in [0.5, 0.6) is 0 Å². The van der Waals surface area contributed by atoms with Crippen molar-refractivity contribution < 1.29 is 13.9 Å². The van der Waals surface area contributed by atoms with E-state index in [4.69, 9.17) is 5.73 Å². The van der Waals surface area contributed by atoms with E-state index in [1.807, 2.05) is 0 Å². The van der Waals surface area contributed by atoms with Gasteiger partial charge in [-0.2, -0.15) is 0 Å². The Hall–Kier alpha value is -1.78. The van der Waals surface area contributed by atoms with Gasteiger partial charge in [-0.25, -0.2) is 8.78 Å². The topological polar surface area (TPSA) is 46.2 Å². The maximum atomic E-state index is 14.1. The lowest BCUT2D eigenvalue weighted by atomic mass is 9.75. The average molecular weight is 291 g/mol. The summed E-state index contributed by atoms with van der Waals surface area (Å²) < 4.78 is 27.3. The lowest BCUT2D eigenvalue weighted by Gasteiger charge is -2.32. The molecule has 0 aliphatic heterocycles. The van der Waals surface area contributed by atoms with Crippen molar-refractivity contribution in [1.29, 1.82) is 0 Å². The average Bonchev–Trinajstić information content (AvgIpc) is 2.48. The smallest absolute Gasteiger partial charge is 0.127 e. The Labute approximate surface area is 123 Å². The standard InChI is InChI=1S/C17H19F2NO/c1-12-8-14(18)7-6-13(12)9-17(10-20,11-21)15-4-2-3-5-16(15)19/h2-8,21H,9-11,20H2,1H3. The van der Waals surface area contributed by atoms with Crippen molar-refractivity contribution in [1.82, 2.24) is 0 Å². The molecule has 2 rings (SSSR count). The predicted octanol–water partition coefficient (Wildman–Crippen LogP) is 2.70. The molecule has 0 aromatic heterocycles. The molecule has 21 heavy (non-hydrogen) atoms. The van der Waals surface area contributed by atoms with Gasteiger partial charge in [0, 0.05) is 12.0 Å². The van der Waals surface area contributed by atoms with E-state index in [1.54, 1.807) is 31.2 Å². The molecule has 0 saturated heterocycles. The molecule has 0 aliphatic rings. The van der Waals surface area contributed by atoms with Gasteiger partial charge < -0.3 is 10.8 Å². The predicted molar refractivity (Wildman–Crippen MR) is 79.1 cm³/mol. The molecule has 0 spiro atoms. The molecule has 2 aromatic rings. The minimum atomic E-state index is -0.909. The van der Waals surface area contributed by atoms with Crippen molar-refractivity contribution >= 4 is 0 Å². The molecule has 1 unspecified atom stereocenters. The van der Waals surface area contributed by atoms with Crippen LogP contribution in [0, 0.1) is 18.6 Å². The first-order valence-corrected chi connectivity index (χ1v) is 6.83. The number of benzene rings is 2. The van der Waals surface area contributed by atoms with Crippen LogP contribution in [0.4, 0.5) is 8.78 Å². The number of aliphatic hydroxyl groups is 1. The Balaban J connectivity index is 2.46. The molecule has 0 heterocycles. The summed E-state index contributed by atoms with van der Waals surface area (Å²) in [5.74, 6) is -0.707. The fourth-order valence-corrected chi connectivity index (χ4v) is 2.60. The third-order valence-corrected chi connectivity index (χ3v) is 3.97. The van der Waals surface area contributed by atoms with Crippen molar-refractivity contribution in [2.45, 2.75) is 18.8 Å². The van der Waals surface area contributed by atoms with Crippen LogP contribution >= 0.6 is 0 Å². The molecule has 1 atom stereocenters. The van der Waals surface area contributed by atoms with Crippen LogP contribution in [-0.4, -0.2) is 18.3 Å². The molecule has 0 amide bonds. The Morgan fingerprint density at radius 1 is 1.14 bits per heavy atom. The van der Waals surface area contributed by atoms with Gasteiger partial charge >= 0.3 is 0 Å². The third kappa shape index (κ3) is 3.12. The highest BCUT2D eigenvalue weighted by Gasteiger charge is 2.33. The van der Waals surface area contributed by atoms with E-state index in [0.29, 0.717) is 12.0 Å². The van der Waals surface area contributed by atoms with Crippen molar-refractivity contribution in [2.75, 3.05) is 13.2 Å². The van der Waals surface area contributed by atoms with E-state index < -0.39 is 11.2 Å². The number of aryl methyl sites for hydroxylation is 1. The van der Waals surface area contributed by atoms with E-state index in [1.165, 1.54) is 18.2 Å². The normalized spacial score (nSPS) is 14.0. The summed E-state index contributed by atoms with van der Waals surface area (Å²) in [7, 11) is 0. The monoisotopic (exact) mass is 291 g/mol. The third-order valence-electron chi connectivity index (χ3n) is 3.97. The zero-order chi connectivity index (χ0) is 15.5. The molecule has 0 saturated carbocycles. The van der Waals surface area contributed by atoms with Crippen LogP contribution < -0.4 is 5.73 Å². The Bertz CT molecular complexity index is 624. The highest BCUT2D eigenvalue weighted by Crippen LogP contribution is 2.30. The van der Waals surface area contributed by atoms with E-state index in [2.05, 4.69) is 0 Å². The van der Waals surface area contributed by atoms with Gasteiger partial charge in [-0.3, -0.25) is 0 Å². The minimum Gasteiger partial charge on any atom is -0.395 e. The van der Waals surface area contributed by atoms with Gasteiger partial charge in [0.1, 0.15) is 11.6 Å². The lowest BCUT2D eigenvalue weighted by molar-refractivity contribution is 0.192. The van der Waals surface area contributed by atoms with Crippen LogP contribution in [0.25, 0.3) is 0 Å². The second kappa shape index (κ2) is 6.33. The summed E-state index contributed by atoms with van der Waals surface area (Å²) >= 11 is 0. The molecule has 3 N–H and O–H groups in total. The van der Waals surface area contributed by atoms with Crippen LogP contribution in [0.15, 0.2) is 42.5 Å². The number of hydrogen-bond donors (Lipinski definition) is 2. The molecular weight excluding hydrogens is 272 g/mol. The molecule has 2 aromatic carbocycles. The first kappa shape index (κ1) is 15.6. The summed E-state index contributed by atoms with van der Waals surface area (Å²) in [5, 5.41) is 9.84. The molecule has 0 fully saturated rings. The van der Waals surface area contributed by atoms with Crippen LogP contribution in [0.3, 0.4) is 0 Å². The van der Waals surface area contributed by atoms with E-state index >= 15 is 0 Å². The number of aliphatic hydroxyl groups excluding tert-OH is 1. The molecule has 2 nitrogen and oxygen atoms in total. The maximum absolute atomic E-state index is 14.1. The zero-order valence-corrected chi connectivity index (χ0v) is 11.9. The SMILES string of the molecule is Cc1cc(F)ccc1CC(CN)(CO)c1ccccc1F. The Kier molecular flexibility index (Phi) is 4.70. The first-order chi connectivity index (χ1) is 10.0. The van der Waals surface area contributed by atoms with Gasteiger partial charge in [-0.15, -0.1) is 0 Å². The van der Waals surface area contributed by atoms with Crippen molar-refractivity contribution in [3.8, 4) is 0 Å². The molecular formula is C17H19F2NO. The summed E-state index contributed by atoms with van der Waals surface area (Å²) in [6.07, 6.45) is 0.354. The zero-order valence-electron chi connectivity index (χ0n) is 11.9. The fraction of sp³-hybridized carbons (Fsp3) is 0.294. The van der Waals surface area contributed by atoms with Crippen molar-refractivity contribution in [3.05, 3.63) is 70.8 Å². The quantitative estimate of drug-likeness (QED) is 0.889. The maximum Gasteiger partial charge on any atom is 0.127 e. The summed E-state index contributed by atoms with van der Waals surface area (Å²) in [4.78, 5) is 0. The first-order valence-electron chi connectivity index (χ1n) is 6.83. The van der Waals surface area contributed by atoms with Gasteiger partial charge in [-0.05, 0) is 48.2 Å². The Morgan fingerprint density at radius 2 is 1.86 bits per heavy atom. The highest BCUT2D eigenvalue weighted by atomic mass is 19.1. The van der Waals surface area contributed by atoms with Gasteiger partial charge in [0.15, 0.2) is 0 Å². The number of nitrogens with two attached hydrogens (primary N) is 1. The number of hydrogen-bond acceptors (Lipinski definition) is 2. The number of rotatable bonds is 5. The Morgan fingerprint density at radius 3 is 2.43 bits per heavy atom. The lowest BCUT2D eigenvalue weighted by Crippen LogP contribution is -2.42. The summed E-state index contributed by atoms with van der Waals surface area (Å²) in [6.45, 7) is 1.61. The van der Waals surface area contributed by atoms with Crippen LogP contribution in [-0.2, 0) is 11.8 Å². The minimum absolute atomic E-state index is 0.0985. The molecule has 0 aliphatic carbocycles. The van der Waals surface area contributed by atoms with Gasteiger partial charge in [-0.1, -0.05) is 24.3 Å².